The fraction of sp³-hybridized carbons (Fsp3) is 0.273. The van der Waals surface area contributed by atoms with Gasteiger partial charge in [-0.25, -0.2) is 18.1 Å². The van der Waals surface area contributed by atoms with Crippen molar-refractivity contribution in [2.24, 2.45) is 4.99 Å². The molecule has 0 aliphatic heterocycles. The van der Waals surface area contributed by atoms with Crippen molar-refractivity contribution in [2.75, 3.05) is 12.8 Å². The number of guanidine groups is 1. The van der Waals surface area contributed by atoms with Gasteiger partial charge in [-0.3, -0.25) is 0 Å². The maximum absolute atomic E-state index is 11.8. The summed E-state index contributed by atoms with van der Waals surface area (Å²) in [4.78, 5) is 4.99. The predicted octanol–water partition coefficient (Wildman–Crippen LogP) is 3.46. The molecule has 0 amide bonds. The number of nitrogens with zero attached hydrogens (tertiary/aromatic N) is 3. The van der Waals surface area contributed by atoms with Gasteiger partial charge in [0.15, 0.2) is 15.8 Å². The van der Waals surface area contributed by atoms with Crippen LogP contribution in [-0.2, 0) is 22.9 Å². The molecule has 0 aliphatic carbocycles. The van der Waals surface area contributed by atoms with Crippen molar-refractivity contribution >= 4 is 39.8 Å². The average molecular weight is 553 g/mol. The monoisotopic (exact) mass is 553 g/mol. The Kier molecular flexibility index (Phi) is 9.05. The number of para-hydroxylation sites is 1. The molecule has 0 atom stereocenters. The van der Waals surface area contributed by atoms with Crippen molar-refractivity contribution in [1.29, 1.82) is 0 Å². The maximum atomic E-state index is 11.8. The van der Waals surface area contributed by atoms with E-state index < -0.39 is 9.84 Å². The smallest absolute Gasteiger partial charge is 0.191 e. The molecule has 31 heavy (non-hydrogen) atoms. The van der Waals surface area contributed by atoms with E-state index in [9.17, 15) is 8.42 Å². The molecule has 9 heteroatoms. The second-order valence-corrected chi connectivity index (χ2v) is 9.03. The van der Waals surface area contributed by atoms with Gasteiger partial charge in [0.05, 0.1) is 23.3 Å². The highest BCUT2D eigenvalue weighted by molar-refractivity contribution is 14.0. The summed E-state index contributed by atoms with van der Waals surface area (Å²) in [5, 5.41) is 10.9. The quantitative estimate of drug-likeness (QED) is 0.266. The largest absolute Gasteiger partial charge is 0.357 e. The molecular weight excluding hydrogens is 525 g/mol. The SMILES string of the molecule is CCNC(=NCc1cnn(-c2ccccc2)c1)NCc1ccc(S(C)(=O)=O)c(C)c1.I. The molecule has 3 rings (SSSR count). The average Bonchev–Trinajstić information content (AvgIpc) is 3.19. The van der Waals surface area contributed by atoms with Gasteiger partial charge in [0.25, 0.3) is 0 Å². The zero-order chi connectivity index (χ0) is 21.6. The zero-order valence-electron chi connectivity index (χ0n) is 17.9. The van der Waals surface area contributed by atoms with Gasteiger partial charge in [0, 0.05) is 31.1 Å². The predicted molar refractivity (Wildman–Crippen MR) is 135 cm³/mol. The Morgan fingerprint density at radius 2 is 1.84 bits per heavy atom. The van der Waals surface area contributed by atoms with Gasteiger partial charge >= 0.3 is 0 Å². The lowest BCUT2D eigenvalue weighted by Gasteiger charge is -2.12. The highest BCUT2D eigenvalue weighted by atomic mass is 127. The molecule has 0 bridgehead atoms. The molecular formula is C22H28IN5O2S. The fourth-order valence-electron chi connectivity index (χ4n) is 3.10. The van der Waals surface area contributed by atoms with Crippen LogP contribution in [-0.4, -0.2) is 37.0 Å². The van der Waals surface area contributed by atoms with Crippen LogP contribution in [0.25, 0.3) is 5.69 Å². The number of hydrogen-bond donors (Lipinski definition) is 2. The molecule has 0 unspecified atom stereocenters. The van der Waals surface area contributed by atoms with Gasteiger partial charge in [-0.15, -0.1) is 24.0 Å². The Hall–Kier alpha value is -2.40. The van der Waals surface area contributed by atoms with Crippen LogP contribution in [0.2, 0.25) is 0 Å². The molecule has 1 aromatic heterocycles. The van der Waals surface area contributed by atoms with E-state index in [-0.39, 0.29) is 24.0 Å². The Bertz CT molecular complexity index is 1130. The minimum absolute atomic E-state index is 0. The molecule has 0 radical (unpaired) electrons. The van der Waals surface area contributed by atoms with E-state index in [0.29, 0.717) is 23.9 Å². The van der Waals surface area contributed by atoms with E-state index in [1.54, 1.807) is 6.07 Å². The zero-order valence-corrected chi connectivity index (χ0v) is 21.0. The number of halogens is 1. The van der Waals surface area contributed by atoms with Crippen LogP contribution < -0.4 is 10.6 Å². The highest BCUT2D eigenvalue weighted by Gasteiger charge is 2.11. The van der Waals surface area contributed by atoms with Crippen LogP contribution in [0.1, 0.15) is 23.6 Å². The van der Waals surface area contributed by atoms with Crippen LogP contribution in [0.5, 0.6) is 0 Å². The number of aromatic nitrogens is 2. The summed E-state index contributed by atoms with van der Waals surface area (Å²) < 4.78 is 25.4. The molecule has 7 nitrogen and oxygen atoms in total. The lowest BCUT2D eigenvalue weighted by atomic mass is 10.1. The highest BCUT2D eigenvalue weighted by Crippen LogP contribution is 2.16. The van der Waals surface area contributed by atoms with Crippen LogP contribution in [0, 0.1) is 6.92 Å². The fourth-order valence-corrected chi connectivity index (χ4v) is 4.06. The van der Waals surface area contributed by atoms with E-state index in [0.717, 1.165) is 28.9 Å². The van der Waals surface area contributed by atoms with Crippen LogP contribution in [0.15, 0.2) is 70.8 Å². The first kappa shape index (κ1) is 24.9. The Labute approximate surface area is 200 Å². The van der Waals surface area contributed by atoms with Gasteiger partial charge in [0.2, 0.25) is 0 Å². The summed E-state index contributed by atoms with van der Waals surface area (Å²) in [6.07, 6.45) is 5.01. The van der Waals surface area contributed by atoms with E-state index in [2.05, 4.69) is 20.7 Å². The Morgan fingerprint density at radius 1 is 1.10 bits per heavy atom. The van der Waals surface area contributed by atoms with E-state index in [4.69, 9.17) is 0 Å². The van der Waals surface area contributed by atoms with Crippen molar-refractivity contribution in [1.82, 2.24) is 20.4 Å². The van der Waals surface area contributed by atoms with Crippen LogP contribution in [0.4, 0.5) is 0 Å². The summed E-state index contributed by atoms with van der Waals surface area (Å²) in [7, 11) is -3.21. The minimum atomic E-state index is -3.21. The lowest BCUT2D eigenvalue weighted by Crippen LogP contribution is -2.36. The summed E-state index contributed by atoms with van der Waals surface area (Å²) in [5.41, 5.74) is 3.74. The normalized spacial score (nSPS) is 11.6. The van der Waals surface area contributed by atoms with Crippen molar-refractivity contribution in [3.8, 4) is 5.69 Å². The first-order valence-corrected chi connectivity index (χ1v) is 11.7. The Morgan fingerprint density at radius 3 is 2.48 bits per heavy atom. The molecule has 3 aromatic rings. The summed E-state index contributed by atoms with van der Waals surface area (Å²) in [6.45, 7) is 5.59. The molecule has 0 aliphatic rings. The minimum Gasteiger partial charge on any atom is -0.357 e. The molecule has 1 heterocycles. The van der Waals surface area contributed by atoms with Gasteiger partial charge in [-0.1, -0.05) is 30.3 Å². The lowest BCUT2D eigenvalue weighted by molar-refractivity contribution is 0.601. The van der Waals surface area contributed by atoms with Crippen molar-refractivity contribution in [3.63, 3.8) is 0 Å². The second-order valence-electron chi connectivity index (χ2n) is 7.05. The van der Waals surface area contributed by atoms with Gasteiger partial charge in [-0.2, -0.15) is 5.10 Å². The topological polar surface area (TPSA) is 88.4 Å². The first-order chi connectivity index (χ1) is 14.4. The van der Waals surface area contributed by atoms with Gasteiger partial charge < -0.3 is 10.6 Å². The second kappa shape index (κ2) is 11.3. The van der Waals surface area contributed by atoms with Crippen LogP contribution >= 0.6 is 24.0 Å². The summed E-state index contributed by atoms with van der Waals surface area (Å²) in [6, 6.07) is 15.3. The molecule has 0 fully saturated rings. The van der Waals surface area contributed by atoms with Gasteiger partial charge in [0.1, 0.15) is 0 Å². The summed E-state index contributed by atoms with van der Waals surface area (Å²) >= 11 is 0. The number of rotatable bonds is 7. The third-order valence-corrected chi connectivity index (χ3v) is 5.78. The van der Waals surface area contributed by atoms with Crippen molar-refractivity contribution in [3.05, 3.63) is 77.6 Å². The van der Waals surface area contributed by atoms with E-state index in [1.807, 2.05) is 73.4 Å². The molecule has 166 valence electrons. The van der Waals surface area contributed by atoms with E-state index >= 15 is 0 Å². The van der Waals surface area contributed by atoms with Gasteiger partial charge in [-0.05, 0) is 43.2 Å². The maximum Gasteiger partial charge on any atom is 0.191 e. The molecule has 2 N–H and O–H groups in total. The Balaban J connectivity index is 0.00000341. The number of nitrogens with one attached hydrogen (secondary N) is 2. The number of benzene rings is 2. The van der Waals surface area contributed by atoms with Crippen LogP contribution in [0.3, 0.4) is 0 Å². The summed E-state index contributed by atoms with van der Waals surface area (Å²) in [5.74, 6) is 0.690. The third kappa shape index (κ3) is 7.06. The number of sulfone groups is 1. The number of hydrogen-bond acceptors (Lipinski definition) is 4. The molecule has 0 saturated carbocycles. The molecule has 2 aromatic carbocycles. The third-order valence-electron chi connectivity index (χ3n) is 4.52. The molecule has 0 saturated heterocycles. The number of aryl methyl sites for hydroxylation is 1. The van der Waals surface area contributed by atoms with E-state index in [1.165, 1.54) is 6.26 Å². The van der Waals surface area contributed by atoms with Crippen molar-refractivity contribution in [2.45, 2.75) is 31.8 Å². The first-order valence-electron chi connectivity index (χ1n) is 9.77. The number of aliphatic imine (C=N–C) groups is 1. The molecule has 0 spiro atoms. The van der Waals surface area contributed by atoms with Crippen molar-refractivity contribution < 1.29 is 8.42 Å². The standard InChI is InChI=1S/C22H27N5O2S.HI/c1-4-23-22(24-13-18-10-11-21(17(2)12-18)30(3,28)29)25-14-19-15-26-27(16-19)20-8-6-5-7-9-20;/h5-12,15-16H,4,13-14H2,1-3H3,(H2,23,24,25);1H.